The second-order valence-electron chi connectivity index (χ2n) is 4.67. The molecule has 0 aliphatic heterocycles. The fourth-order valence-electron chi connectivity index (χ4n) is 2.37. The van der Waals surface area contributed by atoms with Crippen LogP contribution in [0.4, 0.5) is 5.13 Å². The minimum Gasteiger partial charge on any atom is -0.384 e. The number of methoxy groups -OCH3 is 1. The molecule has 3 nitrogen and oxygen atoms in total. The van der Waals surface area contributed by atoms with Crippen molar-refractivity contribution in [2.24, 2.45) is 0 Å². The van der Waals surface area contributed by atoms with Gasteiger partial charge in [0.2, 0.25) is 0 Å². The van der Waals surface area contributed by atoms with Crippen molar-refractivity contribution in [3.05, 3.63) is 46.0 Å². The van der Waals surface area contributed by atoms with Gasteiger partial charge in [-0.1, -0.05) is 31.2 Å². The summed E-state index contributed by atoms with van der Waals surface area (Å²) in [5, 5.41) is 0.647. The average Bonchev–Trinajstić information content (AvgIpc) is 2.75. The number of rotatable bonds is 5. The Hall–Kier alpha value is -1.39. The molecule has 0 aliphatic carbocycles. The smallest absolute Gasteiger partial charge is 0.180 e. The molecule has 1 aromatic carbocycles. The monoisotopic (exact) mass is 276 g/mol. The second kappa shape index (κ2) is 6.17. The van der Waals surface area contributed by atoms with Gasteiger partial charge in [-0.05, 0) is 24.5 Å². The first-order chi connectivity index (χ1) is 9.13. The van der Waals surface area contributed by atoms with Crippen LogP contribution < -0.4 is 5.73 Å². The molecule has 19 heavy (non-hydrogen) atoms. The van der Waals surface area contributed by atoms with Crippen molar-refractivity contribution in [1.29, 1.82) is 0 Å². The van der Waals surface area contributed by atoms with E-state index in [1.54, 1.807) is 18.4 Å². The van der Waals surface area contributed by atoms with Gasteiger partial charge in [0.15, 0.2) is 5.13 Å². The average molecular weight is 276 g/mol. The lowest BCUT2D eigenvalue weighted by Crippen LogP contribution is -2.03. The number of nitrogen functional groups attached to an aromatic ring is 1. The summed E-state index contributed by atoms with van der Waals surface area (Å²) in [5.41, 5.74) is 9.51. The number of nitrogens with zero attached hydrogens (tertiary/aromatic N) is 1. The van der Waals surface area contributed by atoms with Crippen molar-refractivity contribution in [3.8, 4) is 0 Å². The van der Waals surface area contributed by atoms with Gasteiger partial charge >= 0.3 is 0 Å². The number of hydrogen-bond donors (Lipinski definition) is 1. The van der Waals surface area contributed by atoms with Crippen LogP contribution in [0.3, 0.4) is 0 Å². The molecular weight excluding hydrogens is 256 g/mol. The predicted octanol–water partition coefficient (Wildman–Crippen LogP) is 3.37. The normalized spacial score (nSPS) is 12.6. The van der Waals surface area contributed by atoms with Crippen molar-refractivity contribution < 1.29 is 4.74 Å². The number of aromatic nitrogens is 1. The first-order valence-corrected chi connectivity index (χ1v) is 7.24. The number of ether oxygens (including phenoxy) is 1. The molecule has 0 aliphatic rings. The summed E-state index contributed by atoms with van der Waals surface area (Å²) in [6, 6.07) is 8.52. The van der Waals surface area contributed by atoms with Gasteiger partial charge in [0.1, 0.15) is 0 Å². The van der Waals surface area contributed by atoms with Gasteiger partial charge in [-0.2, -0.15) is 0 Å². The van der Waals surface area contributed by atoms with E-state index < -0.39 is 0 Å². The summed E-state index contributed by atoms with van der Waals surface area (Å²) in [5.74, 6) is 0.322. The number of hydrogen-bond acceptors (Lipinski definition) is 4. The lowest BCUT2D eigenvalue weighted by molar-refractivity contribution is 0.202. The highest BCUT2D eigenvalue weighted by molar-refractivity contribution is 7.15. The van der Waals surface area contributed by atoms with Gasteiger partial charge in [-0.3, -0.25) is 0 Å². The van der Waals surface area contributed by atoms with Crippen LogP contribution in [0.25, 0.3) is 0 Å². The SMILES string of the molecule is COCCc1ccccc1C(C)c1sc(N)nc1C. The summed E-state index contributed by atoms with van der Waals surface area (Å²) >= 11 is 1.59. The zero-order valence-corrected chi connectivity index (χ0v) is 12.5. The summed E-state index contributed by atoms with van der Waals surface area (Å²) in [6.07, 6.45) is 0.935. The van der Waals surface area contributed by atoms with E-state index in [1.807, 2.05) is 6.92 Å². The van der Waals surface area contributed by atoms with Gasteiger partial charge in [0.05, 0.1) is 12.3 Å². The minimum atomic E-state index is 0.322. The first kappa shape index (κ1) is 14.0. The molecule has 0 bridgehead atoms. The van der Waals surface area contributed by atoms with E-state index >= 15 is 0 Å². The Morgan fingerprint density at radius 2 is 2.11 bits per heavy atom. The number of aryl methyl sites for hydroxylation is 1. The molecule has 2 N–H and O–H groups in total. The zero-order valence-electron chi connectivity index (χ0n) is 11.6. The molecule has 102 valence electrons. The van der Waals surface area contributed by atoms with Crippen LogP contribution in [-0.2, 0) is 11.2 Å². The molecule has 1 aromatic heterocycles. The van der Waals surface area contributed by atoms with Crippen LogP contribution >= 0.6 is 11.3 Å². The maximum atomic E-state index is 5.80. The molecule has 1 atom stereocenters. The number of thiazole rings is 1. The number of benzene rings is 1. The Morgan fingerprint density at radius 3 is 2.74 bits per heavy atom. The van der Waals surface area contributed by atoms with Gasteiger partial charge in [0, 0.05) is 17.9 Å². The molecule has 0 saturated heterocycles. The zero-order chi connectivity index (χ0) is 13.8. The summed E-state index contributed by atoms with van der Waals surface area (Å²) < 4.78 is 5.18. The van der Waals surface area contributed by atoms with Crippen molar-refractivity contribution in [2.45, 2.75) is 26.2 Å². The number of nitrogens with two attached hydrogens (primary N) is 1. The summed E-state index contributed by atoms with van der Waals surface area (Å²) in [4.78, 5) is 5.57. The van der Waals surface area contributed by atoms with E-state index in [-0.39, 0.29) is 0 Å². The second-order valence-corrected chi connectivity index (χ2v) is 5.73. The quantitative estimate of drug-likeness (QED) is 0.910. The van der Waals surface area contributed by atoms with E-state index in [0.717, 1.165) is 18.7 Å². The molecule has 0 spiro atoms. The van der Waals surface area contributed by atoms with E-state index in [9.17, 15) is 0 Å². The Kier molecular flexibility index (Phi) is 4.56. The third-order valence-corrected chi connectivity index (χ3v) is 4.51. The molecule has 1 unspecified atom stereocenters. The lowest BCUT2D eigenvalue weighted by Gasteiger charge is -2.15. The van der Waals surface area contributed by atoms with Gasteiger partial charge in [-0.25, -0.2) is 4.98 Å². The van der Waals surface area contributed by atoms with Gasteiger partial charge in [0.25, 0.3) is 0 Å². The number of anilines is 1. The van der Waals surface area contributed by atoms with Crippen molar-refractivity contribution in [1.82, 2.24) is 4.98 Å². The fraction of sp³-hybridized carbons (Fsp3) is 0.400. The highest BCUT2D eigenvalue weighted by Crippen LogP contribution is 2.34. The summed E-state index contributed by atoms with van der Waals surface area (Å²) in [7, 11) is 1.74. The molecule has 4 heteroatoms. The van der Waals surface area contributed by atoms with Crippen LogP contribution in [-0.4, -0.2) is 18.7 Å². The molecule has 0 saturated carbocycles. The maximum Gasteiger partial charge on any atom is 0.180 e. The Bertz CT molecular complexity index is 551. The van der Waals surface area contributed by atoms with Crippen molar-refractivity contribution in [3.63, 3.8) is 0 Å². The highest BCUT2D eigenvalue weighted by Gasteiger charge is 2.17. The molecule has 0 amide bonds. The van der Waals surface area contributed by atoms with Crippen LogP contribution in [0.15, 0.2) is 24.3 Å². The van der Waals surface area contributed by atoms with E-state index in [2.05, 4.69) is 36.2 Å². The van der Waals surface area contributed by atoms with E-state index in [1.165, 1.54) is 16.0 Å². The first-order valence-electron chi connectivity index (χ1n) is 6.43. The van der Waals surface area contributed by atoms with Gasteiger partial charge in [-0.15, -0.1) is 11.3 Å². The third-order valence-electron chi connectivity index (χ3n) is 3.34. The minimum absolute atomic E-state index is 0.322. The summed E-state index contributed by atoms with van der Waals surface area (Å²) in [6.45, 7) is 4.98. The molecule has 0 radical (unpaired) electrons. The predicted molar refractivity (Wildman–Crippen MR) is 80.8 cm³/mol. The van der Waals surface area contributed by atoms with Gasteiger partial charge < -0.3 is 10.5 Å². The Labute approximate surface area is 118 Å². The third kappa shape index (κ3) is 3.14. The standard InChI is InChI=1S/C15H20N2OS/c1-10(14-11(2)17-15(16)19-14)13-7-5-4-6-12(13)8-9-18-3/h4-7,10H,8-9H2,1-3H3,(H2,16,17). The molecule has 2 aromatic rings. The highest BCUT2D eigenvalue weighted by atomic mass is 32.1. The maximum absolute atomic E-state index is 5.80. The van der Waals surface area contributed by atoms with Crippen molar-refractivity contribution >= 4 is 16.5 Å². The van der Waals surface area contributed by atoms with Crippen LogP contribution in [0.5, 0.6) is 0 Å². The largest absolute Gasteiger partial charge is 0.384 e. The van der Waals surface area contributed by atoms with Crippen LogP contribution in [0.2, 0.25) is 0 Å². The van der Waals surface area contributed by atoms with Crippen molar-refractivity contribution in [2.75, 3.05) is 19.5 Å². The lowest BCUT2D eigenvalue weighted by atomic mass is 9.92. The molecule has 0 fully saturated rings. The fourth-order valence-corrected chi connectivity index (χ4v) is 3.27. The molecule has 2 rings (SSSR count). The van der Waals surface area contributed by atoms with E-state index in [0.29, 0.717) is 11.0 Å². The van der Waals surface area contributed by atoms with E-state index in [4.69, 9.17) is 10.5 Å². The molecule has 1 heterocycles. The molecular formula is C15H20N2OS. The Balaban J connectivity index is 2.32. The Morgan fingerprint density at radius 1 is 1.37 bits per heavy atom. The van der Waals surface area contributed by atoms with Crippen LogP contribution in [0, 0.1) is 6.92 Å². The van der Waals surface area contributed by atoms with Crippen LogP contribution in [0.1, 0.15) is 34.5 Å². The topological polar surface area (TPSA) is 48.1 Å².